The molecular weight excluding hydrogens is 306 g/mol. The zero-order chi connectivity index (χ0) is 15.6. The first-order valence-electron chi connectivity index (χ1n) is 6.63. The van der Waals surface area contributed by atoms with E-state index in [4.69, 9.17) is 11.6 Å². The topological polar surface area (TPSA) is 54.9 Å². The molecule has 0 aliphatic heterocycles. The van der Waals surface area contributed by atoms with Gasteiger partial charge < -0.3 is 5.32 Å². The zero-order valence-electron chi connectivity index (χ0n) is 12.5. The van der Waals surface area contributed by atoms with Crippen molar-refractivity contribution in [2.45, 2.75) is 39.7 Å². The van der Waals surface area contributed by atoms with Gasteiger partial charge in [-0.3, -0.25) is 4.79 Å². The van der Waals surface area contributed by atoms with Crippen LogP contribution in [0.3, 0.4) is 0 Å². The molecule has 2 aromatic heterocycles. The molecule has 21 heavy (non-hydrogen) atoms. The average Bonchev–Trinajstić information content (AvgIpc) is 2.80. The van der Waals surface area contributed by atoms with Crippen molar-refractivity contribution in [3.8, 4) is 0 Å². The Kier molecular flexibility index (Phi) is 4.64. The predicted octanol–water partition coefficient (Wildman–Crippen LogP) is 3.73. The highest BCUT2D eigenvalue weighted by molar-refractivity contribution is 7.09. The van der Waals surface area contributed by atoms with Crippen LogP contribution >= 0.6 is 22.9 Å². The number of hydrogen-bond donors (Lipinski definition) is 1. The van der Waals surface area contributed by atoms with Crippen LogP contribution in [0, 0.1) is 6.92 Å². The Hall–Kier alpha value is -1.46. The standard InChI is InChI=1S/C15H18ClN3OS/c1-9-8-21-13(18-9)7-17-14(20)10-5-11(15(2,3)4)19-12(16)6-10/h5-6,8H,7H2,1-4H3,(H,17,20). The second kappa shape index (κ2) is 6.12. The van der Waals surface area contributed by atoms with Gasteiger partial charge in [0.15, 0.2) is 0 Å². The number of halogens is 1. The number of rotatable bonds is 3. The molecule has 0 saturated heterocycles. The minimum atomic E-state index is -0.169. The summed E-state index contributed by atoms with van der Waals surface area (Å²) >= 11 is 7.55. The van der Waals surface area contributed by atoms with Crippen molar-refractivity contribution >= 4 is 28.8 Å². The lowest BCUT2D eigenvalue weighted by Gasteiger charge is -2.18. The number of amides is 1. The van der Waals surface area contributed by atoms with Crippen LogP contribution in [0.2, 0.25) is 5.15 Å². The first-order chi connectivity index (χ1) is 9.75. The van der Waals surface area contributed by atoms with E-state index in [9.17, 15) is 4.79 Å². The number of nitrogens with one attached hydrogen (secondary N) is 1. The summed E-state index contributed by atoms with van der Waals surface area (Å²) in [5.41, 5.74) is 2.12. The monoisotopic (exact) mass is 323 g/mol. The van der Waals surface area contributed by atoms with E-state index in [1.54, 1.807) is 12.1 Å². The molecule has 0 bridgehead atoms. The zero-order valence-corrected chi connectivity index (χ0v) is 14.1. The minimum absolute atomic E-state index is 0.160. The van der Waals surface area contributed by atoms with Crippen molar-refractivity contribution in [3.05, 3.63) is 44.6 Å². The molecule has 6 heteroatoms. The quantitative estimate of drug-likeness (QED) is 0.876. The summed E-state index contributed by atoms with van der Waals surface area (Å²) in [6.07, 6.45) is 0. The molecule has 4 nitrogen and oxygen atoms in total. The number of carbonyl (C=O) groups excluding carboxylic acids is 1. The number of carbonyl (C=O) groups is 1. The first-order valence-corrected chi connectivity index (χ1v) is 7.89. The molecule has 0 fully saturated rings. The largest absolute Gasteiger partial charge is 0.346 e. The van der Waals surface area contributed by atoms with Gasteiger partial charge in [-0.05, 0) is 19.1 Å². The summed E-state index contributed by atoms with van der Waals surface area (Å²) < 4.78 is 0. The molecule has 0 saturated carbocycles. The maximum atomic E-state index is 12.2. The number of aryl methyl sites for hydroxylation is 1. The van der Waals surface area contributed by atoms with Gasteiger partial charge in [-0.1, -0.05) is 32.4 Å². The van der Waals surface area contributed by atoms with Gasteiger partial charge in [0.25, 0.3) is 5.91 Å². The van der Waals surface area contributed by atoms with Crippen molar-refractivity contribution in [3.63, 3.8) is 0 Å². The van der Waals surface area contributed by atoms with Crippen LogP contribution in [0.5, 0.6) is 0 Å². The van der Waals surface area contributed by atoms with Crippen molar-refractivity contribution in [1.82, 2.24) is 15.3 Å². The van der Waals surface area contributed by atoms with E-state index in [2.05, 4.69) is 15.3 Å². The van der Waals surface area contributed by atoms with Gasteiger partial charge in [0.05, 0.1) is 6.54 Å². The number of hydrogen-bond acceptors (Lipinski definition) is 4. The predicted molar refractivity (Wildman–Crippen MR) is 86.0 cm³/mol. The van der Waals surface area contributed by atoms with Gasteiger partial charge in [0.1, 0.15) is 10.2 Å². The highest BCUT2D eigenvalue weighted by Crippen LogP contribution is 2.23. The van der Waals surface area contributed by atoms with Gasteiger partial charge >= 0.3 is 0 Å². The van der Waals surface area contributed by atoms with Gasteiger partial charge in [-0.15, -0.1) is 11.3 Å². The van der Waals surface area contributed by atoms with Crippen LogP contribution < -0.4 is 5.32 Å². The summed E-state index contributed by atoms with van der Waals surface area (Å²) in [7, 11) is 0. The van der Waals surface area contributed by atoms with E-state index in [0.29, 0.717) is 17.3 Å². The van der Waals surface area contributed by atoms with Crippen molar-refractivity contribution < 1.29 is 4.79 Å². The van der Waals surface area contributed by atoms with Crippen LogP contribution in [-0.4, -0.2) is 15.9 Å². The van der Waals surface area contributed by atoms with Crippen molar-refractivity contribution in [1.29, 1.82) is 0 Å². The second-order valence-corrected chi connectivity index (χ2v) is 7.21. The van der Waals surface area contributed by atoms with Gasteiger partial charge in [-0.25, -0.2) is 9.97 Å². The molecule has 112 valence electrons. The van der Waals surface area contributed by atoms with Crippen molar-refractivity contribution in [2.24, 2.45) is 0 Å². The molecule has 0 radical (unpaired) electrons. The smallest absolute Gasteiger partial charge is 0.251 e. The van der Waals surface area contributed by atoms with Crippen molar-refractivity contribution in [2.75, 3.05) is 0 Å². The summed E-state index contributed by atoms with van der Waals surface area (Å²) in [6, 6.07) is 3.37. The number of aromatic nitrogens is 2. The third-order valence-electron chi connectivity index (χ3n) is 2.89. The summed E-state index contributed by atoms with van der Waals surface area (Å²) in [6.45, 7) is 8.45. The molecule has 0 aliphatic carbocycles. The molecule has 2 heterocycles. The Morgan fingerprint density at radius 1 is 1.33 bits per heavy atom. The fourth-order valence-corrected chi connectivity index (χ4v) is 2.67. The Balaban J connectivity index is 2.13. The highest BCUT2D eigenvalue weighted by atomic mass is 35.5. The fourth-order valence-electron chi connectivity index (χ4n) is 1.75. The Morgan fingerprint density at radius 3 is 2.62 bits per heavy atom. The van der Waals surface area contributed by atoms with E-state index >= 15 is 0 Å². The SMILES string of the molecule is Cc1csc(CNC(=O)c2cc(Cl)nc(C(C)(C)C)c2)n1. The lowest BCUT2D eigenvalue weighted by Crippen LogP contribution is -2.24. The molecule has 2 rings (SSSR count). The Bertz CT molecular complexity index is 661. The minimum Gasteiger partial charge on any atom is -0.346 e. The third kappa shape index (κ3) is 4.25. The summed E-state index contributed by atoms with van der Waals surface area (Å²) in [5.74, 6) is -0.169. The summed E-state index contributed by atoms with van der Waals surface area (Å²) in [4.78, 5) is 20.8. The number of pyridine rings is 1. The van der Waals surface area contributed by atoms with Gasteiger partial charge in [-0.2, -0.15) is 0 Å². The van der Waals surface area contributed by atoms with E-state index in [-0.39, 0.29) is 11.3 Å². The Morgan fingerprint density at radius 2 is 2.05 bits per heavy atom. The van der Waals surface area contributed by atoms with Crippen LogP contribution in [0.1, 0.15) is 47.5 Å². The fraction of sp³-hybridized carbons (Fsp3) is 0.400. The Labute approximate surface area is 133 Å². The van der Waals surface area contributed by atoms with Crippen LogP contribution in [0.4, 0.5) is 0 Å². The first kappa shape index (κ1) is 15.9. The highest BCUT2D eigenvalue weighted by Gasteiger charge is 2.19. The maximum Gasteiger partial charge on any atom is 0.251 e. The molecule has 0 aliphatic rings. The molecule has 0 spiro atoms. The molecule has 0 aromatic carbocycles. The maximum absolute atomic E-state index is 12.2. The number of nitrogens with zero attached hydrogens (tertiary/aromatic N) is 2. The molecule has 0 atom stereocenters. The van der Waals surface area contributed by atoms with E-state index in [1.807, 2.05) is 33.1 Å². The van der Waals surface area contributed by atoms with E-state index < -0.39 is 0 Å². The van der Waals surface area contributed by atoms with Gasteiger partial charge in [0, 0.05) is 27.7 Å². The third-order valence-corrected chi connectivity index (χ3v) is 4.05. The van der Waals surface area contributed by atoms with Crippen LogP contribution in [0.25, 0.3) is 0 Å². The average molecular weight is 324 g/mol. The lowest BCUT2D eigenvalue weighted by atomic mass is 9.91. The molecule has 0 unspecified atom stereocenters. The van der Waals surface area contributed by atoms with Crippen LogP contribution in [-0.2, 0) is 12.0 Å². The molecule has 2 aromatic rings. The normalized spacial score (nSPS) is 11.5. The van der Waals surface area contributed by atoms with E-state index in [0.717, 1.165) is 16.4 Å². The molecule has 1 amide bonds. The van der Waals surface area contributed by atoms with Crippen LogP contribution in [0.15, 0.2) is 17.5 Å². The van der Waals surface area contributed by atoms with E-state index in [1.165, 1.54) is 11.3 Å². The lowest BCUT2D eigenvalue weighted by molar-refractivity contribution is 0.0950. The molecular formula is C15H18ClN3OS. The summed E-state index contributed by atoms with van der Waals surface area (Å²) in [5, 5.41) is 6.04. The number of thiazole rings is 1. The molecule has 1 N–H and O–H groups in total. The van der Waals surface area contributed by atoms with Gasteiger partial charge in [0.2, 0.25) is 0 Å². The second-order valence-electron chi connectivity index (χ2n) is 5.88.